The number of anilines is 1. The summed E-state index contributed by atoms with van der Waals surface area (Å²) in [7, 11) is 0. The van der Waals surface area contributed by atoms with Crippen molar-refractivity contribution in [1.82, 2.24) is 0 Å². The SMILES string of the molecule is CCOC(=O)c1cccc(NC(=O)/C(C#N)=C\c2ccccc2)c1. The largest absolute Gasteiger partial charge is 0.462 e. The van der Waals surface area contributed by atoms with Crippen LogP contribution in [0.25, 0.3) is 6.08 Å². The predicted octanol–water partition coefficient (Wildman–Crippen LogP) is 3.41. The summed E-state index contributed by atoms with van der Waals surface area (Å²) in [5.74, 6) is -1.00. The number of amides is 1. The van der Waals surface area contributed by atoms with Crippen LogP contribution in [0.1, 0.15) is 22.8 Å². The van der Waals surface area contributed by atoms with Crippen molar-refractivity contribution in [2.24, 2.45) is 0 Å². The van der Waals surface area contributed by atoms with E-state index in [0.29, 0.717) is 11.3 Å². The van der Waals surface area contributed by atoms with E-state index in [1.165, 1.54) is 12.1 Å². The molecule has 5 nitrogen and oxygen atoms in total. The first-order valence-electron chi connectivity index (χ1n) is 7.39. The maximum Gasteiger partial charge on any atom is 0.338 e. The summed E-state index contributed by atoms with van der Waals surface area (Å²) in [5, 5.41) is 11.8. The van der Waals surface area contributed by atoms with Gasteiger partial charge in [-0.05, 0) is 36.8 Å². The Kier molecular flexibility index (Phi) is 5.87. The molecule has 0 heterocycles. The highest BCUT2D eigenvalue weighted by Gasteiger charge is 2.11. The Balaban J connectivity index is 2.17. The van der Waals surface area contributed by atoms with Crippen LogP contribution in [0.2, 0.25) is 0 Å². The van der Waals surface area contributed by atoms with Crippen molar-refractivity contribution in [3.63, 3.8) is 0 Å². The molecule has 0 aliphatic heterocycles. The second kappa shape index (κ2) is 8.30. The van der Waals surface area contributed by atoms with E-state index in [9.17, 15) is 14.9 Å². The minimum atomic E-state index is -0.539. The van der Waals surface area contributed by atoms with Gasteiger partial charge in [0, 0.05) is 5.69 Å². The molecule has 1 N–H and O–H groups in total. The lowest BCUT2D eigenvalue weighted by Crippen LogP contribution is -2.14. The minimum absolute atomic E-state index is 0.0252. The van der Waals surface area contributed by atoms with Gasteiger partial charge in [0.1, 0.15) is 11.6 Å². The highest BCUT2D eigenvalue weighted by molar-refractivity contribution is 6.10. The van der Waals surface area contributed by atoms with Gasteiger partial charge >= 0.3 is 5.97 Å². The number of rotatable bonds is 5. The van der Waals surface area contributed by atoms with Gasteiger partial charge in [-0.3, -0.25) is 4.79 Å². The number of nitrogens with zero attached hydrogens (tertiary/aromatic N) is 1. The minimum Gasteiger partial charge on any atom is -0.462 e. The molecular weight excluding hydrogens is 304 g/mol. The Hall–Kier alpha value is -3.39. The standard InChI is InChI=1S/C19H16N2O3/c1-2-24-19(23)15-9-6-10-17(12-15)21-18(22)16(13-20)11-14-7-4-3-5-8-14/h3-12H,2H2,1H3,(H,21,22)/b16-11-. The summed E-state index contributed by atoms with van der Waals surface area (Å²) in [6, 6.07) is 17.3. The Morgan fingerprint density at radius 1 is 1.17 bits per heavy atom. The normalized spacial score (nSPS) is 10.6. The van der Waals surface area contributed by atoms with Gasteiger partial charge in [0.15, 0.2) is 0 Å². The van der Waals surface area contributed by atoms with E-state index < -0.39 is 11.9 Å². The number of hydrogen-bond donors (Lipinski definition) is 1. The zero-order valence-corrected chi connectivity index (χ0v) is 13.2. The van der Waals surface area contributed by atoms with Crippen molar-refractivity contribution < 1.29 is 14.3 Å². The molecule has 0 fully saturated rings. The second-order valence-corrected chi connectivity index (χ2v) is 4.84. The van der Waals surface area contributed by atoms with E-state index in [0.717, 1.165) is 5.56 Å². The van der Waals surface area contributed by atoms with Crippen molar-refractivity contribution in [2.45, 2.75) is 6.92 Å². The van der Waals surface area contributed by atoms with Crippen molar-refractivity contribution >= 4 is 23.6 Å². The van der Waals surface area contributed by atoms with Gasteiger partial charge in [0.2, 0.25) is 0 Å². The number of ether oxygens (including phenoxy) is 1. The van der Waals surface area contributed by atoms with E-state index in [2.05, 4.69) is 5.32 Å². The molecular formula is C19H16N2O3. The Labute approximate surface area is 140 Å². The monoisotopic (exact) mass is 320 g/mol. The van der Waals surface area contributed by atoms with E-state index in [-0.39, 0.29) is 12.2 Å². The van der Waals surface area contributed by atoms with Crippen LogP contribution in [-0.2, 0) is 9.53 Å². The molecule has 5 heteroatoms. The van der Waals surface area contributed by atoms with E-state index in [1.807, 2.05) is 24.3 Å². The molecule has 0 saturated carbocycles. The zero-order valence-electron chi connectivity index (χ0n) is 13.2. The lowest BCUT2D eigenvalue weighted by Gasteiger charge is -2.07. The summed E-state index contributed by atoms with van der Waals surface area (Å²) >= 11 is 0. The lowest BCUT2D eigenvalue weighted by molar-refractivity contribution is -0.112. The number of nitrogens with one attached hydrogen (secondary N) is 1. The van der Waals surface area contributed by atoms with Crippen molar-refractivity contribution in [1.29, 1.82) is 5.26 Å². The molecule has 0 aromatic heterocycles. The van der Waals surface area contributed by atoms with Gasteiger partial charge in [0.25, 0.3) is 5.91 Å². The lowest BCUT2D eigenvalue weighted by atomic mass is 10.1. The number of esters is 1. The maximum absolute atomic E-state index is 12.2. The summed E-state index contributed by atoms with van der Waals surface area (Å²) < 4.78 is 4.92. The van der Waals surface area contributed by atoms with E-state index in [4.69, 9.17) is 4.74 Å². The highest BCUT2D eigenvalue weighted by Crippen LogP contribution is 2.14. The number of nitriles is 1. The average molecular weight is 320 g/mol. The zero-order chi connectivity index (χ0) is 17.4. The number of hydrogen-bond acceptors (Lipinski definition) is 4. The predicted molar refractivity (Wildman–Crippen MR) is 91.1 cm³/mol. The van der Waals surface area contributed by atoms with Crippen LogP contribution in [0.5, 0.6) is 0 Å². The van der Waals surface area contributed by atoms with Crippen LogP contribution >= 0.6 is 0 Å². The molecule has 2 rings (SSSR count). The third-order valence-corrected chi connectivity index (χ3v) is 3.11. The Bertz CT molecular complexity index is 805. The van der Waals surface area contributed by atoms with Gasteiger partial charge in [-0.2, -0.15) is 5.26 Å². The highest BCUT2D eigenvalue weighted by atomic mass is 16.5. The molecule has 0 radical (unpaired) electrons. The third-order valence-electron chi connectivity index (χ3n) is 3.11. The summed E-state index contributed by atoms with van der Waals surface area (Å²) in [4.78, 5) is 24.0. The number of benzene rings is 2. The number of carbonyl (C=O) groups is 2. The molecule has 2 aromatic carbocycles. The second-order valence-electron chi connectivity index (χ2n) is 4.84. The molecule has 24 heavy (non-hydrogen) atoms. The van der Waals surface area contributed by atoms with E-state index >= 15 is 0 Å². The van der Waals surface area contributed by atoms with Crippen LogP contribution in [0, 0.1) is 11.3 Å². The molecule has 0 saturated heterocycles. The van der Waals surface area contributed by atoms with E-state index in [1.54, 1.807) is 37.3 Å². The first-order chi connectivity index (χ1) is 11.6. The Morgan fingerprint density at radius 3 is 2.58 bits per heavy atom. The molecule has 120 valence electrons. The molecule has 0 aliphatic rings. The smallest absolute Gasteiger partial charge is 0.338 e. The van der Waals surface area contributed by atoms with Gasteiger partial charge in [-0.1, -0.05) is 36.4 Å². The topological polar surface area (TPSA) is 79.2 Å². The van der Waals surface area contributed by atoms with Crippen molar-refractivity contribution in [2.75, 3.05) is 11.9 Å². The quantitative estimate of drug-likeness (QED) is 0.520. The van der Waals surface area contributed by atoms with Crippen LogP contribution in [0.3, 0.4) is 0 Å². The first kappa shape index (κ1) is 17.0. The molecule has 2 aromatic rings. The first-order valence-corrected chi connectivity index (χ1v) is 7.39. The summed E-state index contributed by atoms with van der Waals surface area (Å²) in [5.41, 5.74) is 1.48. The molecule has 0 atom stereocenters. The van der Waals surface area contributed by atoms with Crippen LogP contribution in [0.4, 0.5) is 5.69 Å². The molecule has 1 amide bonds. The van der Waals surface area contributed by atoms with Gasteiger partial charge in [0.05, 0.1) is 12.2 Å². The summed E-state index contributed by atoms with van der Waals surface area (Å²) in [6.07, 6.45) is 1.50. The molecule has 0 unspecified atom stereocenters. The fourth-order valence-electron chi connectivity index (χ4n) is 2.00. The van der Waals surface area contributed by atoms with Crippen LogP contribution in [-0.4, -0.2) is 18.5 Å². The van der Waals surface area contributed by atoms with Gasteiger partial charge < -0.3 is 10.1 Å². The summed E-state index contributed by atoms with van der Waals surface area (Å²) in [6.45, 7) is 1.99. The molecule has 0 spiro atoms. The van der Waals surface area contributed by atoms with Gasteiger partial charge in [-0.15, -0.1) is 0 Å². The Morgan fingerprint density at radius 2 is 1.92 bits per heavy atom. The maximum atomic E-state index is 12.2. The fraction of sp³-hybridized carbons (Fsp3) is 0.105. The van der Waals surface area contributed by atoms with Crippen molar-refractivity contribution in [3.8, 4) is 6.07 Å². The molecule has 0 aliphatic carbocycles. The van der Waals surface area contributed by atoms with Crippen LogP contribution in [0.15, 0.2) is 60.2 Å². The van der Waals surface area contributed by atoms with Crippen molar-refractivity contribution in [3.05, 3.63) is 71.3 Å². The average Bonchev–Trinajstić information content (AvgIpc) is 2.61. The van der Waals surface area contributed by atoms with Crippen LogP contribution < -0.4 is 5.32 Å². The number of carbonyl (C=O) groups excluding carboxylic acids is 2. The van der Waals surface area contributed by atoms with Gasteiger partial charge in [-0.25, -0.2) is 4.79 Å². The molecule has 0 bridgehead atoms. The fourth-order valence-corrected chi connectivity index (χ4v) is 2.00. The third kappa shape index (κ3) is 4.55.